The lowest BCUT2D eigenvalue weighted by atomic mass is 9.93. The molecule has 2 rings (SSSR count). The number of hydrogen-bond donors (Lipinski definition) is 1. The highest BCUT2D eigenvalue weighted by molar-refractivity contribution is 5.69. The first-order valence-corrected chi connectivity index (χ1v) is 6.73. The molecule has 0 saturated heterocycles. The molecule has 1 aliphatic rings. The maximum absolute atomic E-state index is 11.2. The maximum Gasteiger partial charge on any atom is 0.305 e. The Morgan fingerprint density at radius 2 is 2.26 bits per heavy atom. The molecule has 0 spiro atoms. The molecular weight excluding hydrogens is 242 g/mol. The smallest absolute Gasteiger partial charge is 0.305 e. The minimum Gasteiger partial charge on any atom is -0.494 e. The molecule has 2 N–H and O–H groups in total. The highest BCUT2D eigenvalue weighted by Crippen LogP contribution is 2.37. The van der Waals surface area contributed by atoms with E-state index in [-0.39, 0.29) is 17.9 Å². The number of nitrogens with two attached hydrogens (primary N) is 1. The van der Waals surface area contributed by atoms with Crippen molar-refractivity contribution in [2.24, 2.45) is 5.73 Å². The fourth-order valence-electron chi connectivity index (χ4n) is 2.75. The van der Waals surface area contributed by atoms with Gasteiger partial charge in [-0.3, -0.25) is 4.79 Å². The van der Waals surface area contributed by atoms with Crippen LogP contribution in [0.25, 0.3) is 0 Å². The van der Waals surface area contributed by atoms with E-state index in [0.29, 0.717) is 13.0 Å². The van der Waals surface area contributed by atoms with E-state index < -0.39 is 0 Å². The lowest BCUT2D eigenvalue weighted by molar-refractivity contribution is -0.140. The number of methoxy groups -OCH3 is 1. The molecule has 0 saturated carbocycles. The van der Waals surface area contributed by atoms with Crippen LogP contribution in [-0.2, 0) is 16.0 Å². The number of carbonyl (C=O) groups excluding carboxylic acids is 1. The van der Waals surface area contributed by atoms with Crippen LogP contribution in [0.15, 0.2) is 18.2 Å². The largest absolute Gasteiger partial charge is 0.494 e. The van der Waals surface area contributed by atoms with Crippen molar-refractivity contribution in [1.29, 1.82) is 0 Å². The fourth-order valence-corrected chi connectivity index (χ4v) is 2.75. The number of rotatable bonds is 5. The van der Waals surface area contributed by atoms with Crippen LogP contribution in [0.3, 0.4) is 0 Å². The van der Waals surface area contributed by atoms with E-state index in [1.54, 1.807) is 0 Å². The Kier molecular flexibility index (Phi) is 4.43. The SMILES string of the molecule is CCOc1ccc2c(c1)CC(N)C2CCC(=O)OC. The molecule has 1 aliphatic carbocycles. The Bertz CT molecular complexity index is 459. The summed E-state index contributed by atoms with van der Waals surface area (Å²) in [6.07, 6.45) is 2.01. The summed E-state index contributed by atoms with van der Waals surface area (Å²) in [5.41, 5.74) is 8.68. The van der Waals surface area contributed by atoms with Gasteiger partial charge in [0.2, 0.25) is 0 Å². The summed E-state index contributed by atoms with van der Waals surface area (Å²) in [5, 5.41) is 0. The average molecular weight is 263 g/mol. The fraction of sp³-hybridized carbons (Fsp3) is 0.533. The molecule has 0 bridgehead atoms. The molecule has 104 valence electrons. The highest BCUT2D eigenvalue weighted by Gasteiger charge is 2.30. The van der Waals surface area contributed by atoms with Crippen molar-refractivity contribution in [3.8, 4) is 5.75 Å². The molecule has 0 amide bonds. The number of ether oxygens (including phenoxy) is 2. The average Bonchev–Trinajstić information content (AvgIpc) is 2.71. The van der Waals surface area contributed by atoms with Gasteiger partial charge in [-0.2, -0.15) is 0 Å². The Balaban J connectivity index is 2.10. The predicted molar refractivity (Wildman–Crippen MR) is 73.3 cm³/mol. The van der Waals surface area contributed by atoms with E-state index >= 15 is 0 Å². The summed E-state index contributed by atoms with van der Waals surface area (Å²) < 4.78 is 10.2. The summed E-state index contributed by atoms with van der Waals surface area (Å²) >= 11 is 0. The van der Waals surface area contributed by atoms with Gasteiger partial charge in [-0.1, -0.05) is 6.07 Å². The zero-order valence-electron chi connectivity index (χ0n) is 11.5. The van der Waals surface area contributed by atoms with Crippen molar-refractivity contribution >= 4 is 5.97 Å². The Morgan fingerprint density at radius 1 is 1.47 bits per heavy atom. The standard InChI is InChI=1S/C15H21NO3/c1-3-19-11-4-5-12-10(8-11)9-14(16)13(12)6-7-15(17)18-2/h4-5,8,13-14H,3,6-7,9,16H2,1-2H3. The monoisotopic (exact) mass is 263 g/mol. The van der Waals surface area contributed by atoms with E-state index in [9.17, 15) is 4.79 Å². The summed E-state index contributed by atoms with van der Waals surface area (Å²) in [5.74, 6) is 0.957. The zero-order valence-corrected chi connectivity index (χ0v) is 11.5. The second kappa shape index (κ2) is 6.06. The van der Waals surface area contributed by atoms with E-state index in [1.165, 1.54) is 18.2 Å². The van der Waals surface area contributed by atoms with Gasteiger partial charge in [0.15, 0.2) is 0 Å². The van der Waals surface area contributed by atoms with E-state index in [4.69, 9.17) is 10.5 Å². The molecule has 4 heteroatoms. The molecule has 2 unspecified atom stereocenters. The topological polar surface area (TPSA) is 61.5 Å². The Morgan fingerprint density at radius 3 is 2.95 bits per heavy atom. The van der Waals surface area contributed by atoms with Crippen LogP contribution in [0.4, 0.5) is 0 Å². The third-order valence-corrected chi connectivity index (χ3v) is 3.68. The molecule has 0 fully saturated rings. The van der Waals surface area contributed by atoms with Crippen molar-refractivity contribution in [3.63, 3.8) is 0 Å². The number of carbonyl (C=O) groups is 1. The van der Waals surface area contributed by atoms with Gasteiger partial charge in [0.1, 0.15) is 5.75 Å². The molecule has 2 atom stereocenters. The number of esters is 1. The van der Waals surface area contributed by atoms with Crippen LogP contribution in [0.1, 0.15) is 36.8 Å². The molecule has 1 aromatic carbocycles. The Hall–Kier alpha value is -1.55. The van der Waals surface area contributed by atoms with Gasteiger partial charge in [0.05, 0.1) is 13.7 Å². The molecule has 4 nitrogen and oxygen atoms in total. The van der Waals surface area contributed by atoms with Crippen LogP contribution >= 0.6 is 0 Å². The van der Waals surface area contributed by atoms with Crippen LogP contribution in [0, 0.1) is 0 Å². The van der Waals surface area contributed by atoms with Crippen molar-refractivity contribution in [2.75, 3.05) is 13.7 Å². The van der Waals surface area contributed by atoms with Gasteiger partial charge in [0, 0.05) is 18.4 Å². The van der Waals surface area contributed by atoms with E-state index in [0.717, 1.165) is 18.6 Å². The van der Waals surface area contributed by atoms with Crippen molar-refractivity contribution < 1.29 is 14.3 Å². The normalized spacial score (nSPS) is 21.0. The summed E-state index contributed by atoms with van der Waals surface area (Å²) in [6.45, 7) is 2.63. The molecule has 0 heterocycles. The minimum absolute atomic E-state index is 0.0801. The van der Waals surface area contributed by atoms with Crippen LogP contribution < -0.4 is 10.5 Å². The maximum atomic E-state index is 11.2. The molecular formula is C15H21NO3. The summed E-state index contributed by atoms with van der Waals surface area (Å²) in [6, 6.07) is 6.20. The quantitative estimate of drug-likeness (QED) is 0.825. The van der Waals surface area contributed by atoms with Crippen molar-refractivity contribution in [3.05, 3.63) is 29.3 Å². The van der Waals surface area contributed by atoms with Crippen LogP contribution in [-0.4, -0.2) is 25.7 Å². The molecule has 19 heavy (non-hydrogen) atoms. The highest BCUT2D eigenvalue weighted by atomic mass is 16.5. The van der Waals surface area contributed by atoms with Crippen LogP contribution in [0.2, 0.25) is 0 Å². The van der Waals surface area contributed by atoms with Crippen LogP contribution in [0.5, 0.6) is 5.75 Å². The van der Waals surface area contributed by atoms with Gasteiger partial charge in [-0.15, -0.1) is 0 Å². The Labute approximate surface area is 113 Å². The van der Waals surface area contributed by atoms with Gasteiger partial charge in [-0.25, -0.2) is 0 Å². The van der Waals surface area contributed by atoms with Gasteiger partial charge < -0.3 is 15.2 Å². The first-order chi connectivity index (χ1) is 9.15. The number of benzene rings is 1. The lowest BCUT2D eigenvalue weighted by Crippen LogP contribution is -2.25. The molecule has 0 aromatic heterocycles. The third-order valence-electron chi connectivity index (χ3n) is 3.68. The first kappa shape index (κ1) is 13.9. The number of hydrogen-bond acceptors (Lipinski definition) is 4. The second-order valence-electron chi connectivity index (χ2n) is 4.88. The second-order valence-corrected chi connectivity index (χ2v) is 4.88. The molecule has 0 radical (unpaired) electrons. The third kappa shape index (κ3) is 3.07. The summed E-state index contributed by atoms with van der Waals surface area (Å²) in [7, 11) is 1.42. The molecule has 0 aliphatic heterocycles. The van der Waals surface area contributed by atoms with Gasteiger partial charge >= 0.3 is 5.97 Å². The van der Waals surface area contributed by atoms with Gasteiger partial charge in [-0.05, 0) is 43.0 Å². The van der Waals surface area contributed by atoms with Crippen molar-refractivity contribution in [1.82, 2.24) is 0 Å². The van der Waals surface area contributed by atoms with Crippen molar-refractivity contribution in [2.45, 2.75) is 38.1 Å². The van der Waals surface area contributed by atoms with Gasteiger partial charge in [0.25, 0.3) is 0 Å². The lowest BCUT2D eigenvalue weighted by Gasteiger charge is -2.16. The zero-order chi connectivity index (χ0) is 13.8. The van der Waals surface area contributed by atoms with E-state index in [1.807, 2.05) is 13.0 Å². The van der Waals surface area contributed by atoms with E-state index in [2.05, 4.69) is 16.9 Å². The molecule has 1 aromatic rings. The first-order valence-electron chi connectivity index (χ1n) is 6.73. The minimum atomic E-state index is -0.174. The summed E-state index contributed by atoms with van der Waals surface area (Å²) in [4.78, 5) is 11.2. The predicted octanol–water partition coefficient (Wildman–Crippen LogP) is 2.01. The number of fused-ring (bicyclic) bond motifs is 1.